The van der Waals surface area contributed by atoms with Crippen LogP contribution >= 0.6 is 11.6 Å². The van der Waals surface area contributed by atoms with Crippen LogP contribution in [0.3, 0.4) is 0 Å². The smallest absolute Gasteiger partial charge is 0.168 e. The van der Waals surface area contributed by atoms with E-state index in [1.165, 1.54) is 37.8 Å². The topological polar surface area (TPSA) is 17.1 Å². The minimum absolute atomic E-state index is 0.00465. The number of benzene rings is 1. The molecule has 1 aromatic rings. The Balaban J connectivity index is 1.74. The zero-order valence-corrected chi connectivity index (χ0v) is 12.3. The van der Waals surface area contributed by atoms with Crippen LogP contribution in [0, 0.1) is 23.6 Å². The number of hydrogen-bond donors (Lipinski definition) is 0. The van der Waals surface area contributed by atoms with Crippen molar-refractivity contribution in [2.24, 2.45) is 17.8 Å². The Hall–Kier alpha value is -0.890. The largest absolute Gasteiger partial charge is 0.294 e. The molecule has 0 radical (unpaired) electrons. The lowest BCUT2D eigenvalue weighted by Gasteiger charge is -2.38. The molecular weight excluding hydrogens is 275 g/mol. The Kier molecular flexibility index (Phi) is 4.11. The molecule has 0 bridgehead atoms. The Morgan fingerprint density at radius 1 is 1.10 bits per heavy atom. The molecule has 20 heavy (non-hydrogen) atoms. The van der Waals surface area contributed by atoms with Gasteiger partial charge >= 0.3 is 0 Å². The predicted molar refractivity (Wildman–Crippen MR) is 78.5 cm³/mol. The van der Waals surface area contributed by atoms with Crippen molar-refractivity contribution < 1.29 is 9.18 Å². The quantitative estimate of drug-likeness (QED) is 0.679. The highest BCUT2D eigenvalue weighted by Gasteiger charge is 2.35. The molecule has 3 rings (SSSR count). The number of hydrogen-bond acceptors (Lipinski definition) is 1. The molecule has 1 aromatic carbocycles. The summed E-state index contributed by atoms with van der Waals surface area (Å²) in [7, 11) is 0. The minimum atomic E-state index is -0.478. The van der Waals surface area contributed by atoms with Gasteiger partial charge in [-0.15, -0.1) is 0 Å². The molecule has 0 saturated heterocycles. The summed E-state index contributed by atoms with van der Waals surface area (Å²) < 4.78 is 13.9. The highest BCUT2D eigenvalue weighted by molar-refractivity contribution is 6.30. The molecule has 2 aliphatic rings. The number of fused-ring (bicyclic) bond motifs is 1. The average Bonchev–Trinajstić information content (AvgIpc) is 2.46. The first-order chi connectivity index (χ1) is 9.65. The van der Waals surface area contributed by atoms with Gasteiger partial charge in [-0.3, -0.25) is 4.79 Å². The zero-order valence-electron chi connectivity index (χ0n) is 11.6. The normalized spacial score (nSPS) is 29.8. The van der Waals surface area contributed by atoms with Crippen LogP contribution in [0.4, 0.5) is 4.39 Å². The van der Waals surface area contributed by atoms with Crippen LogP contribution in [-0.2, 0) is 0 Å². The molecule has 2 fully saturated rings. The van der Waals surface area contributed by atoms with Gasteiger partial charge in [-0.1, -0.05) is 37.3 Å². The fourth-order valence-corrected chi connectivity index (χ4v) is 4.18. The van der Waals surface area contributed by atoms with Gasteiger partial charge in [0, 0.05) is 10.9 Å². The molecule has 0 heterocycles. The summed E-state index contributed by atoms with van der Waals surface area (Å²) in [6.07, 6.45) is 8.20. The number of rotatable bonds is 2. The molecule has 0 aliphatic heterocycles. The van der Waals surface area contributed by atoms with Gasteiger partial charge in [0.05, 0.1) is 5.56 Å². The first-order valence-corrected chi connectivity index (χ1v) is 8.02. The summed E-state index contributed by atoms with van der Waals surface area (Å²) in [4.78, 5) is 12.5. The lowest BCUT2D eigenvalue weighted by atomic mass is 9.66. The van der Waals surface area contributed by atoms with Gasteiger partial charge < -0.3 is 0 Å². The van der Waals surface area contributed by atoms with Crippen molar-refractivity contribution in [2.75, 3.05) is 0 Å². The van der Waals surface area contributed by atoms with Gasteiger partial charge in [-0.05, 0) is 49.3 Å². The van der Waals surface area contributed by atoms with Gasteiger partial charge in [0.1, 0.15) is 5.82 Å². The first-order valence-electron chi connectivity index (χ1n) is 7.64. The van der Waals surface area contributed by atoms with Crippen LogP contribution in [0.5, 0.6) is 0 Å². The lowest BCUT2D eigenvalue weighted by molar-refractivity contribution is 0.0759. The van der Waals surface area contributed by atoms with Crippen molar-refractivity contribution in [3.05, 3.63) is 34.6 Å². The maximum Gasteiger partial charge on any atom is 0.168 e. The maximum atomic E-state index is 13.9. The lowest BCUT2D eigenvalue weighted by Crippen LogP contribution is -2.31. The maximum absolute atomic E-state index is 13.9. The Morgan fingerprint density at radius 3 is 2.60 bits per heavy atom. The van der Waals surface area contributed by atoms with E-state index in [2.05, 4.69) is 0 Å². The van der Waals surface area contributed by atoms with Crippen molar-refractivity contribution in [2.45, 2.75) is 44.9 Å². The van der Waals surface area contributed by atoms with Crippen LogP contribution in [0.25, 0.3) is 0 Å². The molecule has 0 N–H and O–H groups in total. The van der Waals surface area contributed by atoms with Gasteiger partial charge in [-0.2, -0.15) is 0 Å². The van der Waals surface area contributed by atoms with Crippen molar-refractivity contribution in [3.63, 3.8) is 0 Å². The summed E-state index contributed by atoms with van der Waals surface area (Å²) in [5.41, 5.74) is 0.216. The standard InChI is InChI=1S/C17H20ClFO/c18-14-7-8-15(16(19)10-14)17(20)13-6-5-11-3-1-2-4-12(11)9-13/h7-8,10-13H,1-6,9H2. The van der Waals surface area contributed by atoms with Crippen molar-refractivity contribution in [1.82, 2.24) is 0 Å². The van der Waals surface area contributed by atoms with E-state index < -0.39 is 5.82 Å². The number of carbonyl (C=O) groups excluding carboxylic acids is 1. The van der Waals surface area contributed by atoms with Gasteiger partial charge in [0.2, 0.25) is 0 Å². The van der Waals surface area contributed by atoms with E-state index in [1.54, 1.807) is 6.07 Å². The molecule has 108 valence electrons. The monoisotopic (exact) mass is 294 g/mol. The van der Waals surface area contributed by atoms with Crippen LogP contribution < -0.4 is 0 Å². The van der Waals surface area contributed by atoms with E-state index in [0.29, 0.717) is 10.9 Å². The summed E-state index contributed by atoms with van der Waals surface area (Å²) in [5.74, 6) is 0.992. The van der Waals surface area contributed by atoms with Gasteiger partial charge in [0.25, 0.3) is 0 Å². The van der Waals surface area contributed by atoms with E-state index in [-0.39, 0.29) is 17.3 Å². The van der Waals surface area contributed by atoms with Crippen molar-refractivity contribution in [1.29, 1.82) is 0 Å². The van der Waals surface area contributed by atoms with Gasteiger partial charge in [-0.25, -0.2) is 4.39 Å². The number of halogens is 2. The Labute approximate surface area is 124 Å². The number of Topliss-reactive ketones (excluding diaryl/α,β-unsaturated/α-hetero) is 1. The zero-order chi connectivity index (χ0) is 14.1. The highest BCUT2D eigenvalue weighted by atomic mass is 35.5. The number of carbonyl (C=O) groups is 1. The molecule has 3 unspecified atom stereocenters. The molecule has 2 aliphatic carbocycles. The van der Waals surface area contributed by atoms with Crippen LogP contribution in [0.1, 0.15) is 55.3 Å². The third-order valence-electron chi connectivity index (χ3n) is 5.11. The van der Waals surface area contributed by atoms with E-state index in [4.69, 9.17) is 11.6 Å². The molecule has 3 atom stereocenters. The third kappa shape index (κ3) is 2.76. The second kappa shape index (κ2) is 5.85. The SMILES string of the molecule is O=C(c1ccc(Cl)cc1F)C1CCC2CCCCC2C1. The second-order valence-electron chi connectivity index (χ2n) is 6.30. The minimum Gasteiger partial charge on any atom is -0.294 e. The van der Waals surface area contributed by atoms with E-state index in [0.717, 1.165) is 25.2 Å². The number of ketones is 1. The molecule has 1 nitrogen and oxygen atoms in total. The van der Waals surface area contributed by atoms with Crippen molar-refractivity contribution in [3.8, 4) is 0 Å². The first kappa shape index (κ1) is 14.1. The molecular formula is C17H20ClFO. The Bertz CT molecular complexity index is 514. The van der Waals surface area contributed by atoms with E-state index in [9.17, 15) is 9.18 Å². The summed E-state index contributed by atoms with van der Waals surface area (Å²) in [5, 5.41) is 0.343. The summed E-state index contributed by atoms with van der Waals surface area (Å²) in [6.45, 7) is 0. The summed E-state index contributed by atoms with van der Waals surface area (Å²) >= 11 is 5.75. The Morgan fingerprint density at radius 2 is 1.85 bits per heavy atom. The molecule has 3 heteroatoms. The molecule has 2 saturated carbocycles. The van der Waals surface area contributed by atoms with Crippen molar-refractivity contribution >= 4 is 17.4 Å². The molecule has 0 aromatic heterocycles. The van der Waals surface area contributed by atoms with Crippen LogP contribution in [0.2, 0.25) is 5.02 Å². The molecule has 0 spiro atoms. The van der Waals surface area contributed by atoms with E-state index >= 15 is 0 Å². The molecule has 0 amide bonds. The fraction of sp³-hybridized carbons (Fsp3) is 0.588. The predicted octanol–water partition coefficient (Wildman–Crippen LogP) is 5.27. The van der Waals surface area contributed by atoms with Gasteiger partial charge in [0.15, 0.2) is 5.78 Å². The average molecular weight is 295 g/mol. The third-order valence-corrected chi connectivity index (χ3v) is 5.34. The highest BCUT2D eigenvalue weighted by Crippen LogP contribution is 2.43. The van der Waals surface area contributed by atoms with E-state index in [1.807, 2.05) is 0 Å². The fourth-order valence-electron chi connectivity index (χ4n) is 4.02. The van der Waals surface area contributed by atoms with Crippen LogP contribution in [0.15, 0.2) is 18.2 Å². The second-order valence-corrected chi connectivity index (χ2v) is 6.74. The van der Waals surface area contributed by atoms with Crippen LogP contribution in [-0.4, -0.2) is 5.78 Å². The summed E-state index contributed by atoms with van der Waals surface area (Å²) in [6, 6.07) is 4.37.